The van der Waals surface area contributed by atoms with Crippen LogP contribution in [0, 0.1) is 0 Å². The Hall–Kier alpha value is -1.64. The highest BCUT2D eigenvalue weighted by molar-refractivity contribution is 5.80. The first-order valence-electron chi connectivity index (χ1n) is 4.75. The molecule has 0 aromatic heterocycles. The van der Waals surface area contributed by atoms with Crippen LogP contribution in [0.4, 0.5) is 0 Å². The molecule has 0 saturated carbocycles. The third kappa shape index (κ3) is 8.68. The van der Waals surface area contributed by atoms with Crippen molar-refractivity contribution in [3.63, 3.8) is 0 Å². The van der Waals surface area contributed by atoms with Gasteiger partial charge in [0.25, 0.3) is 0 Å². The molecule has 0 radical (unpaired) electrons. The topological polar surface area (TPSA) is 49.7 Å². The summed E-state index contributed by atoms with van der Waals surface area (Å²) in [4.78, 5) is 13.9. The van der Waals surface area contributed by atoms with E-state index in [0.29, 0.717) is 0 Å². The number of hydrogen-bond donors (Lipinski definition) is 1. The predicted octanol–water partition coefficient (Wildman–Crippen LogP) is 2.61. The predicted molar refractivity (Wildman–Crippen MR) is 63.3 cm³/mol. The molecular weight excluding hydrogens is 190 g/mol. The summed E-state index contributed by atoms with van der Waals surface area (Å²) in [5, 5.41) is 8.35. The Morgan fingerprint density at radius 3 is 2.73 bits per heavy atom. The van der Waals surface area contributed by atoms with E-state index >= 15 is 0 Å². The van der Waals surface area contributed by atoms with Gasteiger partial charge in [-0.3, -0.25) is 9.79 Å². The van der Waals surface area contributed by atoms with Crippen molar-refractivity contribution in [1.29, 1.82) is 0 Å². The Morgan fingerprint density at radius 1 is 1.53 bits per heavy atom. The lowest BCUT2D eigenvalue weighted by molar-refractivity contribution is -0.135. The molecule has 3 heteroatoms. The lowest BCUT2D eigenvalue weighted by Gasteiger charge is -1.95. The summed E-state index contributed by atoms with van der Waals surface area (Å²) in [5.41, 5.74) is 1.97. The van der Waals surface area contributed by atoms with Crippen LogP contribution in [0.2, 0.25) is 0 Å². The van der Waals surface area contributed by atoms with E-state index in [-0.39, 0.29) is 6.54 Å². The summed E-state index contributed by atoms with van der Waals surface area (Å²) in [6, 6.07) is 0. The summed E-state index contributed by atoms with van der Waals surface area (Å²) < 4.78 is 0. The lowest BCUT2D eigenvalue weighted by atomic mass is 10.1. The largest absolute Gasteiger partial charge is 0.480 e. The van der Waals surface area contributed by atoms with Crippen molar-refractivity contribution in [3.05, 3.63) is 36.5 Å². The second kappa shape index (κ2) is 7.74. The normalized spacial score (nSPS) is 11.7. The number of carboxylic acids is 1. The minimum absolute atomic E-state index is 0.176. The van der Waals surface area contributed by atoms with Crippen LogP contribution >= 0.6 is 0 Å². The van der Waals surface area contributed by atoms with E-state index in [1.807, 2.05) is 13.0 Å². The minimum atomic E-state index is -0.918. The second-order valence-corrected chi connectivity index (χ2v) is 3.21. The van der Waals surface area contributed by atoms with Crippen LogP contribution < -0.4 is 0 Å². The molecule has 0 aliphatic carbocycles. The maximum absolute atomic E-state index is 10.2. The van der Waals surface area contributed by atoms with E-state index < -0.39 is 5.97 Å². The molecule has 1 N–H and O–H groups in total. The number of aliphatic imine (C=N–C) groups is 1. The molecule has 15 heavy (non-hydrogen) atoms. The molecule has 0 aliphatic heterocycles. The van der Waals surface area contributed by atoms with Crippen LogP contribution in [-0.2, 0) is 4.79 Å². The van der Waals surface area contributed by atoms with E-state index in [2.05, 4.69) is 18.2 Å². The molecule has 0 amide bonds. The number of hydrogen-bond acceptors (Lipinski definition) is 2. The standard InChI is InChI=1S/C12H17NO2/c1-4-10(2)6-5-7-11(3)8-13-9-12(14)15/h4,7-8H,1-2,5-6,9H2,3H3,(H,14,15)/b11-7+,13-8+. The van der Waals surface area contributed by atoms with Crippen LogP contribution in [0.5, 0.6) is 0 Å². The number of nitrogens with zero attached hydrogens (tertiary/aromatic N) is 1. The molecule has 0 aromatic carbocycles. The van der Waals surface area contributed by atoms with E-state index in [0.717, 1.165) is 24.0 Å². The number of carboxylic acid groups (broad SMARTS) is 1. The van der Waals surface area contributed by atoms with Gasteiger partial charge >= 0.3 is 5.97 Å². The van der Waals surface area contributed by atoms with Gasteiger partial charge in [0.1, 0.15) is 6.54 Å². The van der Waals surface area contributed by atoms with Crippen LogP contribution in [0.3, 0.4) is 0 Å². The summed E-state index contributed by atoms with van der Waals surface area (Å²) in [5.74, 6) is -0.918. The first kappa shape index (κ1) is 13.4. The van der Waals surface area contributed by atoms with Gasteiger partial charge in [0.15, 0.2) is 0 Å². The highest BCUT2D eigenvalue weighted by atomic mass is 16.4. The Balaban J connectivity index is 3.88. The van der Waals surface area contributed by atoms with Crippen molar-refractivity contribution in [2.24, 2.45) is 4.99 Å². The van der Waals surface area contributed by atoms with Crippen LogP contribution in [0.1, 0.15) is 19.8 Å². The Kier molecular flexibility index (Phi) is 6.89. The summed E-state index contributed by atoms with van der Waals surface area (Å²) in [6.07, 6.45) is 7.05. The van der Waals surface area contributed by atoms with Gasteiger partial charge in [-0.05, 0) is 25.3 Å². The number of rotatable bonds is 7. The lowest BCUT2D eigenvalue weighted by Crippen LogP contribution is -1.99. The molecule has 0 aliphatic rings. The Bertz CT molecular complexity index is 301. The molecule has 0 rings (SSSR count). The summed E-state index contributed by atoms with van der Waals surface area (Å²) >= 11 is 0. The fourth-order valence-corrected chi connectivity index (χ4v) is 0.908. The van der Waals surface area contributed by atoms with Crippen LogP contribution in [0.25, 0.3) is 0 Å². The fourth-order valence-electron chi connectivity index (χ4n) is 0.908. The molecule has 0 atom stereocenters. The van der Waals surface area contributed by atoms with Crippen LogP contribution in [-0.4, -0.2) is 23.8 Å². The molecule has 0 aromatic rings. The van der Waals surface area contributed by atoms with E-state index in [1.54, 1.807) is 12.3 Å². The molecule has 3 nitrogen and oxygen atoms in total. The SMILES string of the molecule is C=CC(=C)CC/C=C(C)/C=N/CC(=O)O. The zero-order valence-electron chi connectivity index (χ0n) is 9.07. The van der Waals surface area contributed by atoms with Crippen molar-refractivity contribution in [1.82, 2.24) is 0 Å². The molecule has 0 bridgehead atoms. The highest BCUT2D eigenvalue weighted by Gasteiger charge is 1.91. The van der Waals surface area contributed by atoms with Crippen molar-refractivity contribution in [2.75, 3.05) is 6.54 Å². The number of allylic oxidation sites excluding steroid dienone is 4. The quantitative estimate of drug-likeness (QED) is 0.515. The first-order valence-corrected chi connectivity index (χ1v) is 4.75. The number of aliphatic carboxylic acids is 1. The van der Waals surface area contributed by atoms with Gasteiger partial charge in [0.05, 0.1) is 0 Å². The van der Waals surface area contributed by atoms with E-state index in [4.69, 9.17) is 5.11 Å². The van der Waals surface area contributed by atoms with Gasteiger partial charge in [-0.25, -0.2) is 0 Å². The average molecular weight is 207 g/mol. The molecule has 82 valence electrons. The molecule has 0 spiro atoms. The zero-order chi connectivity index (χ0) is 11.7. The maximum Gasteiger partial charge on any atom is 0.325 e. The van der Waals surface area contributed by atoms with Crippen molar-refractivity contribution in [2.45, 2.75) is 19.8 Å². The monoisotopic (exact) mass is 207 g/mol. The Morgan fingerprint density at radius 2 is 2.20 bits per heavy atom. The zero-order valence-corrected chi connectivity index (χ0v) is 9.07. The van der Waals surface area contributed by atoms with Gasteiger partial charge < -0.3 is 5.11 Å². The van der Waals surface area contributed by atoms with Gasteiger partial charge in [-0.15, -0.1) is 0 Å². The fraction of sp³-hybridized carbons (Fsp3) is 0.333. The summed E-state index contributed by atoms with van der Waals surface area (Å²) in [6.45, 7) is 9.13. The van der Waals surface area contributed by atoms with Crippen molar-refractivity contribution < 1.29 is 9.90 Å². The smallest absolute Gasteiger partial charge is 0.325 e. The highest BCUT2D eigenvalue weighted by Crippen LogP contribution is 2.05. The second-order valence-electron chi connectivity index (χ2n) is 3.21. The Labute approximate surface area is 90.5 Å². The van der Waals surface area contributed by atoms with E-state index in [1.165, 1.54) is 0 Å². The average Bonchev–Trinajstić information content (AvgIpc) is 2.17. The first-order chi connectivity index (χ1) is 7.06. The minimum Gasteiger partial charge on any atom is -0.480 e. The number of carbonyl (C=O) groups is 1. The molecule has 0 unspecified atom stereocenters. The van der Waals surface area contributed by atoms with Crippen molar-refractivity contribution in [3.8, 4) is 0 Å². The summed E-state index contributed by atoms with van der Waals surface area (Å²) in [7, 11) is 0. The van der Waals surface area contributed by atoms with Crippen LogP contribution in [0.15, 0.2) is 41.4 Å². The van der Waals surface area contributed by atoms with Gasteiger partial charge in [-0.2, -0.15) is 0 Å². The molecule has 0 heterocycles. The van der Waals surface area contributed by atoms with Crippen molar-refractivity contribution >= 4 is 12.2 Å². The molecule has 0 fully saturated rings. The maximum atomic E-state index is 10.2. The molecule has 0 saturated heterocycles. The van der Waals surface area contributed by atoms with E-state index in [9.17, 15) is 4.79 Å². The van der Waals surface area contributed by atoms with Gasteiger partial charge in [0, 0.05) is 6.21 Å². The van der Waals surface area contributed by atoms with Gasteiger partial charge in [-0.1, -0.05) is 30.9 Å². The third-order valence-electron chi connectivity index (χ3n) is 1.74. The third-order valence-corrected chi connectivity index (χ3v) is 1.74. The van der Waals surface area contributed by atoms with Gasteiger partial charge in [0.2, 0.25) is 0 Å². The molecular formula is C12H17NO2.